The lowest BCUT2D eigenvalue weighted by Gasteiger charge is -2.35. The number of carbonyl (C=O) groups excluding carboxylic acids is 2. The van der Waals surface area contributed by atoms with Crippen molar-refractivity contribution in [3.8, 4) is 33.6 Å². The Kier molecular flexibility index (Phi) is 11.5. The summed E-state index contributed by atoms with van der Waals surface area (Å²) in [4.78, 5) is 42.6. The zero-order valence-corrected chi connectivity index (χ0v) is 33.1. The van der Waals surface area contributed by atoms with Gasteiger partial charge in [-0.05, 0) is 66.5 Å². The van der Waals surface area contributed by atoms with Crippen molar-refractivity contribution >= 4 is 11.8 Å². The second-order valence-electron chi connectivity index (χ2n) is 16.6. The number of amides is 2. The van der Waals surface area contributed by atoms with Gasteiger partial charge in [0.15, 0.2) is 0 Å². The van der Waals surface area contributed by atoms with Gasteiger partial charge in [-0.1, -0.05) is 130 Å². The second kappa shape index (κ2) is 16.1. The molecule has 4 aromatic carbocycles. The maximum Gasteiger partial charge on any atom is 0.229 e. The molecule has 0 radical (unpaired) electrons. The minimum absolute atomic E-state index is 0.203. The number of benzene rings is 4. The van der Waals surface area contributed by atoms with E-state index >= 15 is 0 Å². The van der Waals surface area contributed by atoms with Crippen molar-refractivity contribution in [3.05, 3.63) is 144 Å². The van der Waals surface area contributed by atoms with Gasteiger partial charge in [-0.3, -0.25) is 9.59 Å². The molecule has 2 aromatic heterocycles. The third-order valence-corrected chi connectivity index (χ3v) is 10.5. The summed E-state index contributed by atoms with van der Waals surface area (Å²) in [6.07, 6.45) is 1.61. The molecule has 56 heavy (non-hydrogen) atoms. The Morgan fingerprint density at radius 2 is 1.02 bits per heavy atom. The van der Waals surface area contributed by atoms with E-state index in [1.807, 2.05) is 106 Å². The highest BCUT2D eigenvalue weighted by Crippen LogP contribution is 2.38. The molecule has 6 N–H and O–H groups in total. The van der Waals surface area contributed by atoms with Crippen molar-refractivity contribution in [2.24, 2.45) is 16.2 Å². The van der Waals surface area contributed by atoms with Crippen LogP contribution < -0.4 is 10.6 Å². The van der Waals surface area contributed by atoms with Crippen LogP contribution >= 0.6 is 0 Å². The number of nitrogens with one attached hydrogen (secondary N) is 4. The number of aliphatic hydroxyl groups excluding tert-OH is 2. The van der Waals surface area contributed by atoms with Crippen LogP contribution in [0.4, 0.5) is 0 Å². The highest BCUT2D eigenvalue weighted by atomic mass is 16.3. The lowest BCUT2D eigenvalue weighted by molar-refractivity contribution is -0.137. The topological polar surface area (TPSA) is 156 Å². The van der Waals surface area contributed by atoms with Crippen molar-refractivity contribution in [3.63, 3.8) is 0 Å². The number of H-pyrrole nitrogens is 2. The smallest absolute Gasteiger partial charge is 0.229 e. The number of aromatic nitrogens is 4. The summed E-state index contributed by atoms with van der Waals surface area (Å²) in [5.74, 6) is 0.718. The first-order chi connectivity index (χ1) is 26.6. The second-order valence-corrected chi connectivity index (χ2v) is 16.6. The van der Waals surface area contributed by atoms with Crippen molar-refractivity contribution in [2.75, 3.05) is 0 Å². The summed E-state index contributed by atoms with van der Waals surface area (Å²) < 4.78 is 0. The molecule has 0 bridgehead atoms. The molecule has 6 aromatic rings. The Labute approximate surface area is 328 Å². The predicted octanol–water partition coefficient (Wildman–Crippen LogP) is 8.47. The van der Waals surface area contributed by atoms with Crippen LogP contribution in [0, 0.1) is 16.2 Å². The van der Waals surface area contributed by atoms with Crippen molar-refractivity contribution in [1.29, 1.82) is 0 Å². The predicted molar refractivity (Wildman–Crippen MR) is 220 cm³/mol. The van der Waals surface area contributed by atoms with Gasteiger partial charge in [0.05, 0.1) is 59.4 Å². The largest absolute Gasteiger partial charge is 0.387 e. The van der Waals surface area contributed by atoms with Crippen LogP contribution in [0.5, 0.6) is 0 Å². The van der Waals surface area contributed by atoms with Gasteiger partial charge in [0.25, 0.3) is 0 Å². The van der Waals surface area contributed by atoms with Crippen molar-refractivity contribution < 1.29 is 19.8 Å². The lowest BCUT2D eigenvalue weighted by Crippen LogP contribution is -2.46. The average molecular weight is 753 g/mol. The number of nitrogens with zero attached hydrogens (tertiary/aromatic N) is 2. The molecule has 0 fully saturated rings. The maximum atomic E-state index is 13.7. The summed E-state index contributed by atoms with van der Waals surface area (Å²) in [6.45, 7) is 13.3. The number of carbonyl (C=O) groups is 2. The third-order valence-electron chi connectivity index (χ3n) is 10.5. The molecule has 3 unspecified atom stereocenters. The fraction of sp³-hybridized carbons (Fsp3) is 0.304. The van der Waals surface area contributed by atoms with Crippen LogP contribution in [-0.2, 0) is 16.1 Å². The summed E-state index contributed by atoms with van der Waals surface area (Å²) in [6, 6.07) is 34.4. The zero-order chi connectivity index (χ0) is 40.3. The number of aliphatic hydroxyl groups is 2. The average Bonchev–Trinajstić information content (AvgIpc) is 3.89. The number of rotatable bonds is 13. The molecule has 10 nitrogen and oxygen atoms in total. The molecule has 2 heterocycles. The number of aromatic amines is 2. The minimum Gasteiger partial charge on any atom is -0.387 e. The molecule has 10 heteroatoms. The van der Waals surface area contributed by atoms with E-state index in [0.29, 0.717) is 22.8 Å². The van der Waals surface area contributed by atoms with Gasteiger partial charge in [-0.15, -0.1) is 0 Å². The fourth-order valence-electron chi connectivity index (χ4n) is 6.67. The number of hydrogen-bond acceptors (Lipinski definition) is 6. The summed E-state index contributed by atoms with van der Waals surface area (Å²) in [5, 5.41) is 28.1. The van der Waals surface area contributed by atoms with Gasteiger partial charge >= 0.3 is 0 Å². The molecule has 2 amide bonds. The minimum atomic E-state index is -1.08. The first kappa shape index (κ1) is 39.8. The van der Waals surface area contributed by atoms with E-state index in [1.54, 1.807) is 40.1 Å². The highest BCUT2D eigenvalue weighted by molar-refractivity contribution is 5.83. The first-order valence-electron chi connectivity index (χ1n) is 18.9. The van der Waals surface area contributed by atoms with E-state index < -0.39 is 29.1 Å². The van der Waals surface area contributed by atoms with E-state index in [4.69, 9.17) is 4.98 Å². The molecular formula is C46H52N6O4. The van der Waals surface area contributed by atoms with Crippen LogP contribution in [-0.4, -0.2) is 42.0 Å². The van der Waals surface area contributed by atoms with E-state index in [-0.39, 0.29) is 23.8 Å². The molecular weight excluding hydrogens is 701 g/mol. The Hall–Kier alpha value is -5.84. The van der Waals surface area contributed by atoms with Crippen LogP contribution in [0.15, 0.2) is 122 Å². The van der Waals surface area contributed by atoms with E-state index in [1.165, 1.54) is 0 Å². The van der Waals surface area contributed by atoms with Crippen molar-refractivity contribution in [1.82, 2.24) is 30.6 Å². The molecule has 3 atom stereocenters. The molecule has 0 saturated carbocycles. The van der Waals surface area contributed by atoms with Crippen LogP contribution in [0.1, 0.15) is 89.5 Å². The number of hydrogen-bond donors (Lipinski definition) is 6. The lowest BCUT2D eigenvalue weighted by atomic mass is 9.80. The highest BCUT2D eigenvalue weighted by Gasteiger charge is 2.40. The molecule has 0 aliphatic rings. The van der Waals surface area contributed by atoms with Crippen molar-refractivity contribution in [2.45, 2.75) is 73.3 Å². The first-order valence-corrected chi connectivity index (χ1v) is 18.9. The zero-order valence-electron chi connectivity index (χ0n) is 33.1. The Morgan fingerprint density at radius 1 is 0.589 bits per heavy atom. The Balaban J connectivity index is 1.08. The van der Waals surface area contributed by atoms with Gasteiger partial charge < -0.3 is 30.8 Å². The summed E-state index contributed by atoms with van der Waals surface area (Å²) in [5.41, 5.74) is 4.56. The van der Waals surface area contributed by atoms with Gasteiger partial charge in [0.1, 0.15) is 11.6 Å². The van der Waals surface area contributed by atoms with E-state index in [9.17, 15) is 19.8 Å². The van der Waals surface area contributed by atoms with Crippen LogP contribution in [0.2, 0.25) is 0 Å². The maximum absolute atomic E-state index is 13.7. The van der Waals surface area contributed by atoms with E-state index in [2.05, 4.69) is 49.9 Å². The Morgan fingerprint density at radius 3 is 1.50 bits per heavy atom. The van der Waals surface area contributed by atoms with Crippen LogP contribution in [0.25, 0.3) is 33.6 Å². The van der Waals surface area contributed by atoms with Gasteiger partial charge in [0.2, 0.25) is 11.8 Å². The normalized spacial score (nSPS) is 13.8. The molecule has 0 spiro atoms. The molecule has 0 saturated heterocycles. The van der Waals surface area contributed by atoms with Gasteiger partial charge in [-0.2, -0.15) is 0 Å². The van der Waals surface area contributed by atoms with E-state index in [0.717, 1.165) is 33.6 Å². The quantitative estimate of drug-likeness (QED) is 0.0695. The van der Waals surface area contributed by atoms with Gasteiger partial charge in [-0.25, -0.2) is 9.97 Å². The molecule has 290 valence electrons. The molecule has 0 aliphatic heterocycles. The SMILES string of the molecule is CC(C)(C)C(NC(=O)C(C)(C)C(O)c1ccccc1)c1ncc(-c2ccc(-c3ccc(-c4cnc(CNC(=O)C(C)(C)C(O)c5ccccc5)[nH]4)cc3)cc2)[nH]1. The monoisotopic (exact) mass is 752 g/mol. The number of imidazole rings is 2. The third kappa shape index (κ3) is 8.67. The summed E-state index contributed by atoms with van der Waals surface area (Å²) >= 11 is 0. The fourth-order valence-corrected chi connectivity index (χ4v) is 6.67. The Bertz CT molecular complexity index is 2240. The molecule has 0 aliphatic carbocycles. The standard InChI is InChI=1S/C46H52N6O4/c1-44(2,3)38(52-43(56)46(6,7)40(54)34-16-12-9-13-17-34)41-48-27-36(51-41)32-24-20-30(21-25-32)29-18-22-31(23-19-29)35-26-47-37(50-35)28-49-42(55)45(4,5)39(53)33-14-10-8-11-15-33/h8-27,38-40,53-54H,28H2,1-7H3,(H,47,50)(H,48,51)(H,49,55)(H,52,56). The summed E-state index contributed by atoms with van der Waals surface area (Å²) in [7, 11) is 0. The van der Waals surface area contributed by atoms with Crippen LogP contribution in [0.3, 0.4) is 0 Å². The molecule has 6 rings (SSSR count). The van der Waals surface area contributed by atoms with Gasteiger partial charge in [0, 0.05) is 0 Å².